The molecule has 0 aliphatic rings. The van der Waals surface area contributed by atoms with Crippen LogP contribution in [0.2, 0.25) is 0 Å². The molecular weight excluding hydrogens is 336 g/mol. The van der Waals surface area contributed by atoms with Crippen LogP contribution in [0.15, 0.2) is 76.7 Å². The molecule has 2 aromatic carbocycles. The molecular formula is C22H22N4O. The number of ether oxygens (including phenoxy) is 1. The van der Waals surface area contributed by atoms with E-state index in [-0.39, 0.29) is 0 Å². The molecule has 0 amide bonds. The number of nitrogen functional groups attached to an aromatic ring is 1. The highest BCUT2D eigenvalue weighted by molar-refractivity contribution is 6.14. The van der Waals surface area contributed by atoms with Gasteiger partial charge in [-0.2, -0.15) is 4.98 Å². The first-order valence-corrected chi connectivity index (χ1v) is 8.78. The van der Waals surface area contributed by atoms with Crippen LogP contribution in [-0.2, 0) is 0 Å². The molecule has 1 heterocycles. The Labute approximate surface area is 159 Å². The van der Waals surface area contributed by atoms with Crippen LogP contribution in [0.4, 0.5) is 11.5 Å². The summed E-state index contributed by atoms with van der Waals surface area (Å²) in [6.07, 6.45) is 1.67. The van der Waals surface area contributed by atoms with Crippen LogP contribution in [-0.4, -0.2) is 30.6 Å². The van der Waals surface area contributed by atoms with Crippen molar-refractivity contribution in [1.29, 1.82) is 0 Å². The summed E-state index contributed by atoms with van der Waals surface area (Å²) >= 11 is 0. The molecule has 5 heteroatoms. The Morgan fingerprint density at radius 3 is 2.15 bits per heavy atom. The van der Waals surface area contributed by atoms with Crippen LogP contribution in [0, 0.1) is 0 Å². The lowest BCUT2D eigenvalue weighted by atomic mass is 10.0. The van der Waals surface area contributed by atoms with Crippen molar-refractivity contribution in [3.8, 4) is 5.88 Å². The summed E-state index contributed by atoms with van der Waals surface area (Å²) in [5, 5.41) is 0. The zero-order valence-corrected chi connectivity index (χ0v) is 15.5. The molecule has 0 saturated carbocycles. The fourth-order valence-electron chi connectivity index (χ4n) is 2.69. The average molecular weight is 358 g/mol. The first-order valence-electron chi connectivity index (χ1n) is 8.78. The van der Waals surface area contributed by atoms with Crippen LogP contribution in [0.1, 0.15) is 23.6 Å². The second-order valence-corrected chi connectivity index (χ2v) is 5.80. The van der Waals surface area contributed by atoms with Gasteiger partial charge in [-0.3, -0.25) is 4.99 Å². The van der Waals surface area contributed by atoms with Gasteiger partial charge in [0.1, 0.15) is 11.5 Å². The van der Waals surface area contributed by atoms with Gasteiger partial charge in [0, 0.05) is 30.0 Å². The quantitative estimate of drug-likeness (QED) is 0.668. The molecule has 0 atom stereocenters. The van der Waals surface area contributed by atoms with Gasteiger partial charge in [-0.05, 0) is 13.0 Å². The van der Waals surface area contributed by atoms with Gasteiger partial charge in [-0.25, -0.2) is 4.99 Å². The van der Waals surface area contributed by atoms with Gasteiger partial charge in [0.2, 0.25) is 5.88 Å². The highest BCUT2D eigenvalue weighted by Gasteiger charge is 2.13. The highest BCUT2D eigenvalue weighted by Crippen LogP contribution is 2.30. The van der Waals surface area contributed by atoms with E-state index >= 15 is 0 Å². The van der Waals surface area contributed by atoms with Crippen molar-refractivity contribution in [1.82, 2.24) is 4.98 Å². The van der Waals surface area contributed by atoms with Gasteiger partial charge >= 0.3 is 0 Å². The summed E-state index contributed by atoms with van der Waals surface area (Å²) in [5.41, 5.74) is 10.2. The zero-order chi connectivity index (χ0) is 19.1. The van der Waals surface area contributed by atoms with Gasteiger partial charge in [0.15, 0.2) is 0 Å². The number of anilines is 1. The van der Waals surface area contributed by atoms with E-state index in [9.17, 15) is 0 Å². The minimum atomic E-state index is 0.365. The molecule has 5 nitrogen and oxygen atoms in total. The molecule has 27 heavy (non-hydrogen) atoms. The normalized spacial score (nSPS) is 10.7. The predicted octanol–water partition coefficient (Wildman–Crippen LogP) is 4.28. The molecule has 0 aliphatic carbocycles. The largest absolute Gasteiger partial charge is 0.476 e. The topological polar surface area (TPSA) is 72.9 Å². The van der Waals surface area contributed by atoms with Crippen LogP contribution in [0.5, 0.6) is 5.88 Å². The average Bonchev–Trinajstić information content (AvgIpc) is 2.70. The molecule has 0 unspecified atom stereocenters. The van der Waals surface area contributed by atoms with Crippen molar-refractivity contribution in [3.05, 3.63) is 83.4 Å². The minimum absolute atomic E-state index is 0.365. The van der Waals surface area contributed by atoms with E-state index in [2.05, 4.69) is 9.98 Å². The Morgan fingerprint density at radius 1 is 1.04 bits per heavy atom. The second kappa shape index (κ2) is 8.76. The lowest BCUT2D eigenvalue weighted by molar-refractivity contribution is 0.329. The van der Waals surface area contributed by atoms with E-state index < -0.39 is 0 Å². The molecule has 3 rings (SSSR count). The summed E-state index contributed by atoms with van der Waals surface area (Å²) in [6, 6.07) is 21.9. The minimum Gasteiger partial charge on any atom is -0.476 e. The van der Waals surface area contributed by atoms with Crippen molar-refractivity contribution in [2.45, 2.75) is 6.92 Å². The third-order valence-electron chi connectivity index (χ3n) is 3.91. The van der Waals surface area contributed by atoms with Crippen molar-refractivity contribution in [2.75, 3.05) is 19.4 Å². The van der Waals surface area contributed by atoms with Crippen molar-refractivity contribution < 1.29 is 4.74 Å². The molecule has 0 aliphatic heterocycles. The summed E-state index contributed by atoms with van der Waals surface area (Å²) in [7, 11) is 1.69. The van der Waals surface area contributed by atoms with E-state index in [1.165, 1.54) is 0 Å². The summed E-state index contributed by atoms with van der Waals surface area (Å²) < 4.78 is 5.68. The number of rotatable bonds is 6. The van der Waals surface area contributed by atoms with E-state index in [4.69, 9.17) is 15.5 Å². The van der Waals surface area contributed by atoms with Crippen molar-refractivity contribution in [2.24, 2.45) is 9.98 Å². The summed E-state index contributed by atoms with van der Waals surface area (Å²) in [5.74, 6) is 0.775. The number of hydrogen-bond acceptors (Lipinski definition) is 5. The van der Waals surface area contributed by atoms with Gasteiger partial charge in [-0.1, -0.05) is 60.7 Å². The summed E-state index contributed by atoms with van der Waals surface area (Å²) in [6.45, 7) is 2.38. The third-order valence-corrected chi connectivity index (χ3v) is 3.91. The van der Waals surface area contributed by atoms with Crippen molar-refractivity contribution >= 4 is 23.4 Å². The SMILES string of the molecule is CCOc1nc(N)c(C=NC)cc1N=C(c1ccccc1)c1ccccc1. The van der Waals surface area contributed by atoms with Gasteiger partial charge in [0.05, 0.1) is 12.3 Å². The lowest BCUT2D eigenvalue weighted by Crippen LogP contribution is -2.05. The zero-order valence-electron chi connectivity index (χ0n) is 15.5. The molecule has 3 aromatic rings. The monoisotopic (exact) mass is 358 g/mol. The van der Waals surface area contributed by atoms with E-state index in [1.54, 1.807) is 13.3 Å². The Morgan fingerprint density at radius 2 is 1.63 bits per heavy atom. The van der Waals surface area contributed by atoms with Crippen LogP contribution < -0.4 is 10.5 Å². The maximum atomic E-state index is 6.03. The van der Waals surface area contributed by atoms with E-state index in [1.807, 2.05) is 73.7 Å². The molecule has 0 bridgehead atoms. The number of nitrogens with two attached hydrogens (primary N) is 1. The first kappa shape index (κ1) is 18.3. The number of aromatic nitrogens is 1. The van der Waals surface area contributed by atoms with Gasteiger partial charge in [0.25, 0.3) is 0 Å². The number of nitrogens with zero attached hydrogens (tertiary/aromatic N) is 3. The number of hydrogen-bond donors (Lipinski definition) is 1. The molecule has 0 fully saturated rings. The lowest BCUT2D eigenvalue weighted by Gasteiger charge is -2.12. The van der Waals surface area contributed by atoms with Gasteiger partial charge in [-0.15, -0.1) is 0 Å². The fraction of sp³-hybridized carbons (Fsp3) is 0.136. The standard InChI is InChI=1S/C22H22N4O/c1-3-27-22-19(14-18(15-24-2)21(23)26-22)25-20(16-10-6-4-7-11-16)17-12-8-5-9-13-17/h4-15H,3H2,1-2H3,(H2,23,26). The predicted molar refractivity (Wildman–Crippen MR) is 112 cm³/mol. The Bertz CT molecular complexity index is 909. The molecule has 1 aromatic heterocycles. The van der Waals surface area contributed by atoms with E-state index in [0.717, 1.165) is 16.8 Å². The first-order chi connectivity index (χ1) is 13.2. The molecule has 2 N–H and O–H groups in total. The highest BCUT2D eigenvalue weighted by atomic mass is 16.5. The third kappa shape index (κ3) is 4.39. The molecule has 0 saturated heterocycles. The fourth-order valence-corrected chi connectivity index (χ4v) is 2.69. The Balaban J connectivity index is 2.21. The second-order valence-electron chi connectivity index (χ2n) is 5.80. The molecule has 0 spiro atoms. The van der Waals surface area contributed by atoms with Crippen molar-refractivity contribution in [3.63, 3.8) is 0 Å². The van der Waals surface area contributed by atoms with E-state index in [0.29, 0.717) is 29.6 Å². The Hall–Kier alpha value is -3.47. The smallest absolute Gasteiger partial charge is 0.241 e. The van der Waals surface area contributed by atoms with Gasteiger partial charge < -0.3 is 10.5 Å². The molecule has 0 radical (unpaired) electrons. The maximum Gasteiger partial charge on any atom is 0.241 e. The Kier molecular flexibility index (Phi) is 5.94. The molecule has 136 valence electrons. The van der Waals surface area contributed by atoms with Crippen LogP contribution in [0.25, 0.3) is 0 Å². The van der Waals surface area contributed by atoms with Crippen LogP contribution in [0.3, 0.4) is 0 Å². The number of benzene rings is 2. The summed E-state index contributed by atoms with van der Waals surface area (Å²) in [4.78, 5) is 13.3. The van der Waals surface area contributed by atoms with Crippen LogP contribution >= 0.6 is 0 Å². The maximum absolute atomic E-state index is 6.03. The number of aliphatic imine (C=N–C) groups is 2. The number of pyridine rings is 1.